The van der Waals surface area contributed by atoms with Crippen LogP contribution < -0.4 is 5.32 Å². The van der Waals surface area contributed by atoms with Crippen molar-refractivity contribution in [2.45, 2.75) is 18.9 Å². The smallest absolute Gasteiger partial charge is 0.172 e. The first-order chi connectivity index (χ1) is 18.0. The Balaban J connectivity index is 0.000000195. The third-order valence-electron chi connectivity index (χ3n) is 6.63. The zero-order valence-corrected chi connectivity index (χ0v) is 22.1. The van der Waals surface area contributed by atoms with Gasteiger partial charge in [0.05, 0.1) is 16.4 Å². The number of phenols is 1. The number of aldehydes is 1. The summed E-state index contributed by atoms with van der Waals surface area (Å²) in [6, 6.07) is 23.2. The van der Waals surface area contributed by atoms with Crippen molar-refractivity contribution >= 4 is 44.5 Å². The molecule has 188 valence electrons. The SMILES string of the molecule is CN1CCC(Nc2cc(-c3ccccc3O)nc3c(Br)cnn23)CC1.O=Cc1cccc2ccccc12. The highest BCUT2D eigenvalue weighted by molar-refractivity contribution is 9.10. The van der Waals surface area contributed by atoms with Crippen molar-refractivity contribution in [1.82, 2.24) is 19.5 Å². The number of aromatic nitrogens is 3. The van der Waals surface area contributed by atoms with Crippen LogP contribution in [0.5, 0.6) is 5.75 Å². The topological polar surface area (TPSA) is 82.8 Å². The molecule has 0 atom stereocenters. The molecule has 0 spiro atoms. The fraction of sp³-hybridized carbons (Fsp3) is 0.207. The van der Waals surface area contributed by atoms with E-state index in [1.807, 2.05) is 71.2 Å². The minimum atomic E-state index is 0.222. The van der Waals surface area contributed by atoms with Crippen molar-refractivity contribution in [2.75, 3.05) is 25.5 Å². The molecule has 3 aromatic carbocycles. The van der Waals surface area contributed by atoms with E-state index in [9.17, 15) is 9.90 Å². The Bertz CT molecular complexity index is 1540. The van der Waals surface area contributed by atoms with E-state index in [1.54, 1.807) is 12.3 Å². The zero-order valence-electron chi connectivity index (χ0n) is 20.5. The van der Waals surface area contributed by atoms with Crippen LogP contribution in [0.4, 0.5) is 5.82 Å². The van der Waals surface area contributed by atoms with Gasteiger partial charge in [-0.2, -0.15) is 9.61 Å². The number of aromatic hydroxyl groups is 1. The number of halogens is 1. The molecule has 37 heavy (non-hydrogen) atoms. The summed E-state index contributed by atoms with van der Waals surface area (Å²) >= 11 is 3.52. The summed E-state index contributed by atoms with van der Waals surface area (Å²) in [5.41, 5.74) is 2.93. The second kappa shape index (κ2) is 11.1. The van der Waals surface area contributed by atoms with Crippen LogP contribution in [0.15, 0.2) is 83.5 Å². The normalized spacial score (nSPS) is 14.3. The zero-order chi connectivity index (χ0) is 25.8. The summed E-state index contributed by atoms with van der Waals surface area (Å²) in [5, 5.41) is 20.4. The Kier molecular flexibility index (Phi) is 7.48. The number of benzene rings is 3. The van der Waals surface area contributed by atoms with Crippen molar-refractivity contribution < 1.29 is 9.90 Å². The van der Waals surface area contributed by atoms with Crippen LogP contribution in [0.25, 0.3) is 27.7 Å². The van der Waals surface area contributed by atoms with Gasteiger partial charge in [0.25, 0.3) is 0 Å². The van der Waals surface area contributed by atoms with Gasteiger partial charge in [-0.1, -0.05) is 54.6 Å². The fourth-order valence-corrected chi connectivity index (χ4v) is 4.93. The van der Waals surface area contributed by atoms with Gasteiger partial charge < -0.3 is 15.3 Å². The Hall–Kier alpha value is -3.75. The molecule has 3 heterocycles. The molecule has 0 amide bonds. The molecule has 0 bridgehead atoms. The summed E-state index contributed by atoms with van der Waals surface area (Å²) < 4.78 is 2.64. The molecule has 8 heteroatoms. The lowest BCUT2D eigenvalue weighted by molar-refractivity contribution is 0.112. The number of likely N-dealkylation sites (tertiary alicyclic amines) is 1. The van der Waals surface area contributed by atoms with E-state index in [0.29, 0.717) is 11.6 Å². The van der Waals surface area contributed by atoms with Crippen LogP contribution >= 0.6 is 15.9 Å². The quantitative estimate of drug-likeness (QED) is 0.263. The summed E-state index contributed by atoms with van der Waals surface area (Å²) in [5.74, 6) is 1.11. The molecule has 5 aromatic rings. The van der Waals surface area contributed by atoms with Crippen molar-refractivity contribution in [3.8, 4) is 17.0 Å². The number of anilines is 1. The third kappa shape index (κ3) is 5.50. The number of nitrogens with one attached hydrogen (secondary N) is 1. The van der Waals surface area contributed by atoms with E-state index in [2.05, 4.69) is 43.3 Å². The van der Waals surface area contributed by atoms with Crippen LogP contribution in [0, 0.1) is 0 Å². The lowest BCUT2D eigenvalue weighted by Crippen LogP contribution is -2.37. The summed E-state index contributed by atoms with van der Waals surface area (Å²) in [7, 11) is 2.15. The molecule has 2 N–H and O–H groups in total. The van der Waals surface area contributed by atoms with Gasteiger partial charge in [-0.15, -0.1) is 0 Å². The van der Waals surface area contributed by atoms with Gasteiger partial charge in [-0.25, -0.2) is 4.98 Å². The Morgan fingerprint density at radius 1 is 1.03 bits per heavy atom. The van der Waals surface area contributed by atoms with E-state index in [1.165, 1.54) is 0 Å². The number of fused-ring (bicyclic) bond motifs is 2. The van der Waals surface area contributed by atoms with Gasteiger partial charge in [0, 0.05) is 23.2 Å². The number of hydrogen-bond acceptors (Lipinski definition) is 6. The first-order valence-electron chi connectivity index (χ1n) is 12.2. The van der Waals surface area contributed by atoms with Crippen molar-refractivity contribution in [2.24, 2.45) is 0 Å². The van der Waals surface area contributed by atoms with E-state index >= 15 is 0 Å². The molecule has 1 saturated heterocycles. The minimum absolute atomic E-state index is 0.222. The molecule has 1 aliphatic heterocycles. The number of hydrogen-bond donors (Lipinski definition) is 2. The number of carbonyl (C=O) groups excluding carboxylic acids is 1. The van der Waals surface area contributed by atoms with Crippen molar-refractivity contribution in [3.63, 3.8) is 0 Å². The predicted molar refractivity (Wildman–Crippen MR) is 151 cm³/mol. The molecule has 1 aliphatic rings. The highest BCUT2D eigenvalue weighted by Crippen LogP contribution is 2.31. The number of para-hydroxylation sites is 1. The molecule has 2 aromatic heterocycles. The molecule has 0 saturated carbocycles. The summed E-state index contributed by atoms with van der Waals surface area (Å²) in [6.45, 7) is 2.17. The molecule has 0 radical (unpaired) electrons. The van der Waals surface area contributed by atoms with Gasteiger partial charge in [-0.05, 0) is 71.8 Å². The lowest BCUT2D eigenvalue weighted by Gasteiger charge is -2.30. The maximum Gasteiger partial charge on any atom is 0.172 e. The van der Waals surface area contributed by atoms with Gasteiger partial charge in [0.2, 0.25) is 0 Å². The maximum atomic E-state index is 10.6. The van der Waals surface area contributed by atoms with Crippen molar-refractivity contribution in [3.05, 3.63) is 89.0 Å². The number of piperidine rings is 1. The largest absolute Gasteiger partial charge is 0.507 e. The van der Waals surface area contributed by atoms with E-state index in [4.69, 9.17) is 0 Å². The van der Waals surface area contributed by atoms with Gasteiger partial charge >= 0.3 is 0 Å². The average molecular weight is 558 g/mol. The molecule has 7 nitrogen and oxygen atoms in total. The number of carbonyl (C=O) groups is 1. The maximum absolute atomic E-state index is 10.6. The Morgan fingerprint density at radius 2 is 1.76 bits per heavy atom. The Morgan fingerprint density at radius 3 is 2.54 bits per heavy atom. The van der Waals surface area contributed by atoms with E-state index < -0.39 is 0 Å². The number of phenolic OH excluding ortho intramolecular Hbond substituents is 1. The highest BCUT2D eigenvalue weighted by Gasteiger charge is 2.19. The first-order valence-corrected chi connectivity index (χ1v) is 13.0. The summed E-state index contributed by atoms with van der Waals surface area (Å²) in [6.07, 6.45) is 4.82. The fourth-order valence-electron chi connectivity index (χ4n) is 4.58. The first kappa shape index (κ1) is 24.9. The predicted octanol–water partition coefficient (Wildman–Crippen LogP) is 6.02. The number of rotatable bonds is 4. The van der Waals surface area contributed by atoms with Gasteiger partial charge in [-0.3, -0.25) is 4.79 Å². The van der Waals surface area contributed by atoms with Crippen LogP contribution in [0.3, 0.4) is 0 Å². The van der Waals surface area contributed by atoms with Crippen LogP contribution in [-0.2, 0) is 0 Å². The number of nitrogens with zero attached hydrogens (tertiary/aromatic N) is 4. The van der Waals surface area contributed by atoms with Crippen molar-refractivity contribution in [1.29, 1.82) is 0 Å². The van der Waals surface area contributed by atoms with E-state index in [0.717, 1.165) is 70.2 Å². The summed E-state index contributed by atoms with van der Waals surface area (Å²) in [4.78, 5) is 17.6. The van der Waals surface area contributed by atoms with E-state index in [-0.39, 0.29) is 5.75 Å². The second-order valence-electron chi connectivity index (χ2n) is 9.18. The molecule has 1 fully saturated rings. The lowest BCUT2D eigenvalue weighted by atomic mass is 10.1. The molecule has 0 unspecified atom stereocenters. The monoisotopic (exact) mass is 557 g/mol. The van der Waals surface area contributed by atoms with Crippen LogP contribution in [-0.4, -0.2) is 57.1 Å². The average Bonchev–Trinajstić information content (AvgIpc) is 3.31. The molecule has 6 rings (SSSR count). The standard InChI is InChI=1S/C18H20BrN5O.C11H8O/c1-23-8-6-12(7-9-23)21-17-10-15(13-4-2-3-5-16(13)25)22-18-14(19)11-20-24(17)18;12-8-10-6-3-5-9-4-1-2-7-11(9)10/h2-5,10-12,21,25H,6-9H2,1H3;1-8H. The van der Waals surface area contributed by atoms with Crippen LogP contribution in [0.1, 0.15) is 23.2 Å². The van der Waals surface area contributed by atoms with Gasteiger partial charge in [0.1, 0.15) is 11.6 Å². The molecule has 0 aliphatic carbocycles. The highest BCUT2D eigenvalue weighted by atomic mass is 79.9. The van der Waals surface area contributed by atoms with Crippen LogP contribution in [0.2, 0.25) is 0 Å². The second-order valence-corrected chi connectivity index (χ2v) is 10.0. The minimum Gasteiger partial charge on any atom is -0.507 e. The molecular formula is C29H28BrN5O2. The van der Waals surface area contributed by atoms with Gasteiger partial charge in [0.15, 0.2) is 11.9 Å². The Labute approximate surface area is 223 Å². The molecular weight excluding hydrogens is 530 g/mol. The third-order valence-corrected chi connectivity index (χ3v) is 7.19.